The summed E-state index contributed by atoms with van der Waals surface area (Å²) in [7, 11) is 0. The van der Waals surface area contributed by atoms with Gasteiger partial charge in [-0.3, -0.25) is 0 Å². The third kappa shape index (κ3) is 9.49. The normalized spacial score (nSPS) is 13.2. The summed E-state index contributed by atoms with van der Waals surface area (Å²) >= 11 is 0. The molecule has 1 aliphatic heterocycles. The van der Waals surface area contributed by atoms with Gasteiger partial charge in [0.2, 0.25) is 0 Å². The molecule has 0 amide bonds. The van der Waals surface area contributed by atoms with E-state index >= 15 is 0 Å². The lowest BCUT2D eigenvalue weighted by Crippen LogP contribution is -2.26. The number of unbranched alkanes of at least 4 members (excludes halogenated alkanes) is 11. The molecule has 1 aromatic rings. The van der Waals surface area contributed by atoms with E-state index in [1.165, 1.54) is 94.8 Å². The molecule has 3 heteroatoms. The van der Waals surface area contributed by atoms with E-state index in [0.717, 1.165) is 13.1 Å². The summed E-state index contributed by atoms with van der Waals surface area (Å²) in [6, 6.07) is 8.79. The molecule has 2 nitrogen and oxygen atoms in total. The molecule has 160 valence electrons. The van der Waals surface area contributed by atoms with Gasteiger partial charge in [0.25, 0.3) is 0 Å². The van der Waals surface area contributed by atoms with Crippen LogP contribution in [0.1, 0.15) is 96.5 Å². The first-order valence-electron chi connectivity index (χ1n) is 11.6. The van der Waals surface area contributed by atoms with Crippen molar-refractivity contribution in [3.05, 3.63) is 42.2 Å². The van der Waals surface area contributed by atoms with Gasteiger partial charge in [-0.15, -0.1) is 17.0 Å². The molecule has 1 aliphatic rings. The van der Waals surface area contributed by atoms with Gasteiger partial charge in [-0.1, -0.05) is 103 Å². The number of hydrogen-bond donors (Lipinski definition) is 0. The van der Waals surface area contributed by atoms with Crippen molar-refractivity contribution >= 4 is 22.7 Å². The summed E-state index contributed by atoms with van der Waals surface area (Å²) in [5, 5.41) is 0. The molecular formula is C25H43BrN2. The molecule has 0 N–H and O–H groups in total. The van der Waals surface area contributed by atoms with E-state index in [1.54, 1.807) is 0 Å². The molecule has 1 aromatic carbocycles. The Morgan fingerprint density at radius 3 is 1.89 bits per heavy atom. The van der Waals surface area contributed by atoms with Crippen molar-refractivity contribution in [2.75, 3.05) is 18.1 Å². The van der Waals surface area contributed by atoms with E-state index in [0.29, 0.717) is 0 Å². The number of rotatable bonds is 15. The van der Waals surface area contributed by atoms with Crippen molar-refractivity contribution in [1.29, 1.82) is 0 Å². The zero-order chi connectivity index (χ0) is 19.2. The lowest BCUT2D eigenvalue weighted by atomic mass is 10.1. The largest absolute Gasteiger partial charge is 0.358 e. The van der Waals surface area contributed by atoms with E-state index in [4.69, 9.17) is 0 Å². The standard InChI is InChI=1S/C25H42N2.BrH/c1-3-5-6-7-8-9-10-11-12-13-14-17-20-26-21-22-27(23-26)25-19-16-15-18-24(25)4-2;/h15-16,18-19,21-22H,3-14,17,20,23H2,1-2H3;1H. The van der Waals surface area contributed by atoms with Gasteiger partial charge in [0, 0.05) is 24.6 Å². The Hall–Kier alpha value is -0.960. The third-order valence-corrected chi connectivity index (χ3v) is 5.77. The molecule has 0 saturated heterocycles. The van der Waals surface area contributed by atoms with Gasteiger partial charge in [-0.25, -0.2) is 0 Å². The molecule has 0 fully saturated rings. The second-order valence-electron chi connectivity index (χ2n) is 8.09. The van der Waals surface area contributed by atoms with Crippen LogP contribution in [0.15, 0.2) is 36.7 Å². The smallest absolute Gasteiger partial charge is 0.0941 e. The fourth-order valence-corrected chi connectivity index (χ4v) is 4.01. The molecule has 0 atom stereocenters. The molecule has 2 rings (SSSR count). The number of hydrogen-bond acceptors (Lipinski definition) is 2. The monoisotopic (exact) mass is 450 g/mol. The first-order chi connectivity index (χ1) is 13.3. The SMILES string of the molecule is Br.CCCCCCCCCCCCCCN1C=CN(c2ccccc2CC)C1. The fraction of sp³-hybridized carbons (Fsp3) is 0.680. The Balaban J connectivity index is 0.00000392. The molecule has 1 heterocycles. The van der Waals surface area contributed by atoms with Crippen LogP contribution in [0.5, 0.6) is 0 Å². The zero-order valence-electron chi connectivity index (χ0n) is 18.4. The number of anilines is 1. The van der Waals surface area contributed by atoms with Gasteiger partial charge in [0.1, 0.15) is 0 Å². The molecule has 0 aliphatic carbocycles. The Morgan fingerprint density at radius 1 is 0.714 bits per heavy atom. The molecule has 0 radical (unpaired) electrons. The predicted octanol–water partition coefficient (Wildman–Crippen LogP) is 8.08. The van der Waals surface area contributed by atoms with Crippen LogP contribution < -0.4 is 4.90 Å². The summed E-state index contributed by atoms with van der Waals surface area (Å²) < 4.78 is 0. The van der Waals surface area contributed by atoms with Gasteiger partial charge in [0.05, 0.1) is 6.67 Å². The maximum Gasteiger partial charge on any atom is 0.0941 e. The molecule has 0 bridgehead atoms. The lowest BCUT2D eigenvalue weighted by Gasteiger charge is -2.23. The van der Waals surface area contributed by atoms with Crippen LogP contribution >= 0.6 is 17.0 Å². The van der Waals surface area contributed by atoms with Crippen molar-refractivity contribution in [1.82, 2.24) is 4.90 Å². The number of benzene rings is 1. The molecule has 0 saturated carbocycles. The predicted molar refractivity (Wildman–Crippen MR) is 130 cm³/mol. The minimum atomic E-state index is 0. The lowest BCUT2D eigenvalue weighted by molar-refractivity contribution is 0.387. The van der Waals surface area contributed by atoms with Crippen LogP contribution in [-0.2, 0) is 6.42 Å². The summed E-state index contributed by atoms with van der Waals surface area (Å²) in [6.45, 7) is 6.73. The number of nitrogens with zero attached hydrogens (tertiary/aromatic N) is 2. The number of para-hydroxylation sites is 1. The van der Waals surface area contributed by atoms with Crippen molar-refractivity contribution in [2.24, 2.45) is 0 Å². The average Bonchev–Trinajstić information content (AvgIpc) is 3.17. The molecular weight excluding hydrogens is 408 g/mol. The molecule has 0 aromatic heterocycles. The minimum Gasteiger partial charge on any atom is -0.358 e. The molecule has 0 spiro atoms. The molecule has 0 unspecified atom stereocenters. The Kier molecular flexibility index (Phi) is 14.2. The molecule has 28 heavy (non-hydrogen) atoms. The first kappa shape index (κ1) is 25.1. The Bertz CT molecular complexity index is 529. The first-order valence-corrected chi connectivity index (χ1v) is 11.6. The van der Waals surface area contributed by atoms with E-state index in [9.17, 15) is 0 Å². The van der Waals surface area contributed by atoms with Gasteiger partial charge in [-0.05, 0) is 24.5 Å². The highest BCUT2D eigenvalue weighted by atomic mass is 79.9. The summed E-state index contributed by atoms with van der Waals surface area (Å²) in [5.74, 6) is 0. The van der Waals surface area contributed by atoms with Crippen LogP contribution in [0, 0.1) is 0 Å². The summed E-state index contributed by atoms with van der Waals surface area (Å²) in [4.78, 5) is 4.85. The Labute approximate surface area is 185 Å². The highest BCUT2D eigenvalue weighted by molar-refractivity contribution is 8.93. The van der Waals surface area contributed by atoms with Crippen molar-refractivity contribution in [3.63, 3.8) is 0 Å². The fourth-order valence-electron chi connectivity index (χ4n) is 4.01. The van der Waals surface area contributed by atoms with Crippen LogP contribution in [0.4, 0.5) is 5.69 Å². The van der Waals surface area contributed by atoms with Crippen LogP contribution in [-0.4, -0.2) is 18.1 Å². The number of aryl methyl sites for hydroxylation is 1. The van der Waals surface area contributed by atoms with Crippen molar-refractivity contribution in [2.45, 2.75) is 97.3 Å². The second-order valence-corrected chi connectivity index (χ2v) is 8.09. The highest BCUT2D eigenvalue weighted by Gasteiger charge is 2.15. The maximum absolute atomic E-state index is 2.46. The van der Waals surface area contributed by atoms with Gasteiger partial charge in [0.15, 0.2) is 0 Å². The van der Waals surface area contributed by atoms with Crippen molar-refractivity contribution < 1.29 is 0 Å². The van der Waals surface area contributed by atoms with Crippen molar-refractivity contribution in [3.8, 4) is 0 Å². The highest BCUT2D eigenvalue weighted by Crippen LogP contribution is 2.24. The zero-order valence-corrected chi connectivity index (χ0v) is 20.1. The minimum absolute atomic E-state index is 0. The average molecular weight is 452 g/mol. The summed E-state index contributed by atoms with van der Waals surface area (Å²) in [6.07, 6.45) is 22.7. The number of halogens is 1. The van der Waals surface area contributed by atoms with Crippen LogP contribution in [0.2, 0.25) is 0 Å². The van der Waals surface area contributed by atoms with E-state index in [2.05, 4.69) is 60.3 Å². The second kappa shape index (κ2) is 15.9. The van der Waals surface area contributed by atoms with E-state index < -0.39 is 0 Å². The van der Waals surface area contributed by atoms with E-state index in [-0.39, 0.29) is 17.0 Å². The third-order valence-electron chi connectivity index (χ3n) is 5.77. The van der Waals surface area contributed by atoms with Gasteiger partial charge >= 0.3 is 0 Å². The quantitative estimate of drug-likeness (QED) is 0.249. The van der Waals surface area contributed by atoms with Gasteiger partial charge < -0.3 is 9.80 Å². The van der Waals surface area contributed by atoms with Gasteiger partial charge in [-0.2, -0.15) is 0 Å². The Morgan fingerprint density at radius 2 is 1.29 bits per heavy atom. The summed E-state index contributed by atoms with van der Waals surface area (Å²) in [5.41, 5.74) is 2.81. The van der Waals surface area contributed by atoms with E-state index in [1.807, 2.05) is 0 Å². The maximum atomic E-state index is 2.46. The topological polar surface area (TPSA) is 6.48 Å². The van der Waals surface area contributed by atoms with Crippen LogP contribution in [0.25, 0.3) is 0 Å². The van der Waals surface area contributed by atoms with Crippen LogP contribution in [0.3, 0.4) is 0 Å².